The molecule has 27 heavy (non-hydrogen) atoms. The van der Waals surface area contributed by atoms with Gasteiger partial charge in [0.05, 0.1) is 6.54 Å². The number of ether oxygens (including phenoxy) is 1. The number of carbonyl (C=O) groups excluding carboxylic acids is 1. The Labute approximate surface area is 175 Å². The van der Waals surface area contributed by atoms with Crippen LogP contribution >= 0.6 is 46.4 Å². The van der Waals surface area contributed by atoms with Gasteiger partial charge in [0.15, 0.2) is 12.4 Å². The van der Waals surface area contributed by atoms with Crippen LogP contribution in [0.3, 0.4) is 0 Å². The molecule has 0 aliphatic carbocycles. The van der Waals surface area contributed by atoms with E-state index >= 15 is 0 Å². The van der Waals surface area contributed by atoms with E-state index in [1.165, 1.54) is 0 Å². The molecular formula is C18H13Cl4N3O2. The van der Waals surface area contributed by atoms with E-state index in [-0.39, 0.29) is 17.4 Å². The van der Waals surface area contributed by atoms with Gasteiger partial charge in [0.2, 0.25) is 0 Å². The Balaban J connectivity index is 1.62. The maximum Gasteiger partial charge on any atom is 0.263 e. The van der Waals surface area contributed by atoms with Crippen molar-refractivity contribution in [3.8, 4) is 5.75 Å². The summed E-state index contributed by atoms with van der Waals surface area (Å²) in [5.74, 6) is 0.358. The lowest BCUT2D eigenvalue weighted by Crippen LogP contribution is -2.20. The monoisotopic (exact) mass is 443 g/mol. The number of rotatable bonds is 6. The number of hydrogen-bond donors (Lipinski definition) is 1. The lowest BCUT2D eigenvalue weighted by atomic mass is 10.2. The highest BCUT2D eigenvalue weighted by atomic mass is 35.5. The fourth-order valence-electron chi connectivity index (χ4n) is 2.26. The minimum Gasteiger partial charge on any atom is -0.484 e. The molecular weight excluding hydrogens is 432 g/mol. The molecule has 5 nitrogen and oxygen atoms in total. The van der Waals surface area contributed by atoms with Crippen LogP contribution in [-0.2, 0) is 11.3 Å². The maximum atomic E-state index is 12.1. The van der Waals surface area contributed by atoms with Gasteiger partial charge in [-0.1, -0.05) is 52.5 Å². The summed E-state index contributed by atoms with van der Waals surface area (Å²) in [4.78, 5) is 12.1. The number of hydrogen-bond acceptors (Lipinski definition) is 3. The first-order valence-electron chi connectivity index (χ1n) is 7.76. The molecule has 0 atom stereocenters. The van der Waals surface area contributed by atoms with Gasteiger partial charge in [0.25, 0.3) is 5.91 Å². The molecule has 0 fully saturated rings. The van der Waals surface area contributed by atoms with Crippen LogP contribution in [0, 0.1) is 0 Å². The number of halogens is 4. The van der Waals surface area contributed by atoms with E-state index in [0.717, 1.165) is 0 Å². The summed E-state index contributed by atoms with van der Waals surface area (Å²) in [5.41, 5.74) is 0.712. The number of amides is 1. The van der Waals surface area contributed by atoms with Gasteiger partial charge in [0, 0.05) is 26.8 Å². The predicted octanol–water partition coefficient (Wildman–Crippen LogP) is 5.56. The van der Waals surface area contributed by atoms with Crippen LogP contribution in [0.15, 0.2) is 48.7 Å². The molecule has 1 N–H and O–H groups in total. The van der Waals surface area contributed by atoms with E-state index in [1.54, 1.807) is 53.3 Å². The normalized spacial score (nSPS) is 10.7. The molecule has 0 spiro atoms. The molecule has 1 heterocycles. The summed E-state index contributed by atoms with van der Waals surface area (Å²) in [6, 6.07) is 11.9. The van der Waals surface area contributed by atoms with Crippen LogP contribution in [0.25, 0.3) is 0 Å². The maximum absolute atomic E-state index is 12.1. The molecule has 140 valence electrons. The van der Waals surface area contributed by atoms with Crippen molar-refractivity contribution in [2.75, 3.05) is 11.9 Å². The van der Waals surface area contributed by atoms with Crippen molar-refractivity contribution in [2.45, 2.75) is 6.54 Å². The highest BCUT2D eigenvalue weighted by molar-refractivity contribution is 6.36. The van der Waals surface area contributed by atoms with Crippen LogP contribution in [0.5, 0.6) is 5.75 Å². The van der Waals surface area contributed by atoms with Crippen molar-refractivity contribution >= 4 is 58.1 Å². The molecule has 1 amide bonds. The molecule has 1 aromatic heterocycles. The molecule has 3 rings (SSSR count). The first-order valence-corrected chi connectivity index (χ1v) is 9.27. The van der Waals surface area contributed by atoms with Crippen molar-refractivity contribution in [2.24, 2.45) is 0 Å². The van der Waals surface area contributed by atoms with Gasteiger partial charge in [-0.15, -0.1) is 0 Å². The lowest BCUT2D eigenvalue weighted by molar-refractivity contribution is -0.118. The van der Waals surface area contributed by atoms with Gasteiger partial charge in [-0.3, -0.25) is 9.48 Å². The standard InChI is InChI=1S/C18H13Cl4N3O2/c19-11-4-6-12(7-5-11)27-10-17(26)23-18-16(22)9-25(24-18)8-13-14(20)2-1-3-15(13)21/h1-7,9H,8,10H2,(H,23,24,26). The van der Waals surface area contributed by atoms with Crippen LogP contribution in [-0.4, -0.2) is 22.3 Å². The highest BCUT2D eigenvalue weighted by Gasteiger charge is 2.13. The topological polar surface area (TPSA) is 56.1 Å². The predicted molar refractivity (Wildman–Crippen MR) is 108 cm³/mol. The van der Waals surface area contributed by atoms with Crippen LogP contribution < -0.4 is 10.1 Å². The largest absolute Gasteiger partial charge is 0.484 e. The number of nitrogens with zero attached hydrogens (tertiary/aromatic N) is 2. The molecule has 0 aliphatic rings. The first-order chi connectivity index (χ1) is 12.9. The zero-order chi connectivity index (χ0) is 19.4. The molecule has 3 aromatic rings. The van der Waals surface area contributed by atoms with Crippen molar-refractivity contribution < 1.29 is 9.53 Å². The summed E-state index contributed by atoms with van der Waals surface area (Å²) in [6.07, 6.45) is 1.58. The first kappa shape index (κ1) is 19.8. The van der Waals surface area contributed by atoms with E-state index in [1.807, 2.05) is 0 Å². The lowest BCUT2D eigenvalue weighted by Gasteiger charge is -2.07. The second kappa shape index (κ2) is 8.85. The average molecular weight is 445 g/mol. The summed E-state index contributed by atoms with van der Waals surface area (Å²) < 4.78 is 6.93. The van der Waals surface area contributed by atoms with E-state index in [0.29, 0.717) is 32.9 Å². The van der Waals surface area contributed by atoms with Gasteiger partial charge in [-0.2, -0.15) is 5.10 Å². The van der Waals surface area contributed by atoms with E-state index in [9.17, 15) is 4.79 Å². The van der Waals surface area contributed by atoms with Gasteiger partial charge in [-0.25, -0.2) is 0 Å². The highest BCUT2D eigenvalue weighted by Crippen LogP contribution is 2.27. The third-order valence-electron chi connectivity index (χ3n) is 3.54. The van der Waals surface area contributed by atoms with Crippen molar-refractivity contribution in [3.05, 3.63) is 74.3 Å². The molecule has 9 heteroatoms. The quantitative estimate of drug-likeness (QED) is 0.541. The van der Waals surface area contributed by atoms with Crippen LogP contribution in [0.2, 0.25) is 20.1 Å². The number of aromatic nitrogens is 2. The molecule has 0 saturated carbocycles. The Bertz CT molecular complexity index is 937. The fraction of sp³-hybridized carbons (Fsp3) is 0.111. The Morgan fingerprint density at radius 3 is 2.33 bits per heavy atom. The Morgan fingerprint density at radius 1 is 1.00 bits per heavy atom. The Kier molecular flexibility index (Phi) is 6.50. The summed E-state index contributed by atoms with van der Waals surface area (Å²) in [5, 5.41) is 8.79. The number of anilines is 1. The smallest absolute Gasteiger partial charge is 0.263 e. The molecule has 0 aliphatic heterocycles. The third kappa shape index (κ3) is 5.30. The SMILES string of the molecule is O=C(COc1ccc(Cl)cc1)Nc1nn(Cc2c(Cl)cccc2Cl)cc1Cl. The number of benzene rings is 2. The number of nitrogens with one attached hydrogen (secondary N) is 1. The van der Waals surface area contributed by atoms with Gasteiger partial charge in [0.1, 0.15) is 10.8 Å². The van der Waals surface area contributed by atoms with E-state index < -0.39 is 5.91 Å². The Morgan fingerprint density at radius 2 is 1.67 bits per heavy atom. The molecule has 0 radical (unpaired) electrons. The molecule has 0 saturated heterocycles. The minimum absolute atomic E-state index is 0.193. The molecule has 0 bridgehead atoms. The zero-order valence-electron chi connectivity index (χ0n) is 13.8. The summed E-state index contributed by atoms with van der Waals surface area (Å²) in [6.45, 7) is 0.122. The van der Waals surface area contributed by atoms with Gasteiger partial charge >= 0.3 is 0 Å². The van der Waals surface area contributed by atoms with Gasteiger partial charge < -0.3 is 10.1 Å². The molecule has 0 unspecified atom stereocenters. The zero-order valence-corrected chi connectivity index (χ0v) is 16.8. The van der Waals surface area contributed by atoms with Crippen LogP contribution in [0.4, 0.5) is 5.82 Å². The van der Waals surface area contributed by atoms with E-state index in [4.69, 9.17) is 51.1 Å². The minimum atomic E-state index is -0.395. The van der Waals surface area contributed by atoms with Gasteiger partial charge in [-0.05, 0) is 36.4 Å². The Hall–Kier alpha value is -1.92. The summed E-state index contributed by atoms with van der Waals surface area (Å²) in [7, 11) is 0. The van der Waals surface area contributed by atoms with Crippen molar-refractivity contribution in [1.82, 2.24) is 9.78 Å². The second-order valence-corrected chi connectivity index (χ2v) is 7.17. The van der Waals surface area contributed by atoms with E-state index in [2.05, 4.69) is 10.4 Å². The summed E-state index contributed by atoms with van der Waals surface area (Å²) >= 11 is 24.3. The molecule has 2 aromatic carbocycles. The average Bonchev–Trinajstić information content (AvgIpc) is 2.97. The third-order valence-corrected chi connectivity index (χ3v) is 4.78. The van der Waals surface area contributed by atoms with Crippen molar-refractivity contribution in [1.29, 1.82) is 0 Å². The number of carbonyl (C=O) groups is 1. The van der Waals surface area contributed by atoms with Crippen LogP contribution in [0.1, 0.15) is 5.56 Å². The fourth-order valence-corrected chi connectivity index (χ4v) is 3.10. The second-order valence-electron chi connectivity index (χ2n) is 5.51. The van der Waals surface area contributed by atoms with Crippen molar-refractivity contribution in [3.63, 3.8) is 0 Å².